The first kappa shape index (κ1) is 26.4. The van der Waals surface area contributed by atoms with Gasteiger partial charge in [-0.05, 0) is 78.7 Å². The number of phenols is 1. The van der Waals surface area contributed by atoms with Crippen molar-refractivity contribution in [2.45, 2.75) is 45.0 Å². The number of hydrogen-bond acceptors (Lipinski definition) is 6. The third-order valence-corrected chi connectivity index (χ3v) is 5.93. The Morgan fingerprint density at radius 3 is 2.49 bits per heavy atom. The monoisotopic (exact) mass is 474 g/mol. The molecular weight excluding hydrogens is 440 g/mol. The maximum absolute atomic E-state index is 10.4. The van der Waals surface area contributed by atoms with Gasteiger partial charge in [0.25, 0.3) is 0 Å². The Bertz CT molecular complexity index is 1090. The lowest BCUT2D eigenvalue weighted by Crippen LogP contribution is -2.23. The van der Waals surface area contributed by atoms with Gasteiger partial charge in [-0.25, -0.2) is 0 Å². The molecular formula is C29H34N2O4. The Balaban J connectivity index is 1.31. The highest BCUT2D eigenvalue weighted by atomic mass is 16.5. The molecule has 0 saturated carbocycles. The van der Waals surface area contributed by atoms with Crippen LogP contribution in [0.25, 0.3) is 0 Å². The number of rotatable bonds is 14. The highest BCUT2D eigenvalue weighted by molar-refractivity contribution is 5.36. The molecule has 0 aliphatic rings. The molecule has 0 unspecified atom stereocenters. The normalized spacial score (nSPS) is 11.8. The fourth-order valence-electron chi connectivity index (χ4n) is 3.87. The number of unbranched alkanes of at least 4 members (excludes halogenated alkanes) is 1. The van der Waals surface area contributed by atoms with Crippen molar-refractivity contribution < 1.29 is 20.1 Å². The van der Waals surface area contributed by atoms with E-state index in [4.69, 9.17) is 10.00 Å². The van der Waals surface area contributed by atoms with Crippen LogP contribution in [0, 0.1) is 11.3 Å². The fourth-order valence-corrected chi connectivity index (χ4v) is 3.87. The standard InChI is InChI=1S/C29H34N2O4/c30-18-24-9-7-22(8-10-24)4-1-2-15-35-21-25-6-3-5-23(16-25)13-14-31-19-29(34)26-11-12-28(33)27(17-26)20-32/h3,5-12,16-17,29,31-34H,1-2,4,13-15,19-21H2/t29-/m1/s1. The van der Waals surface area contributed by atoms with Crippen LogP contribution in [0.2, 0.25) is 0 Å². The van der Waals surface area contributed by atoms with E-state index in [2.05, 4.69) is 29.6 Å². The Morgan fingerprint density at radius 2 is 1.71 bits per heavy atom. The molecule has 1 atom stereocenters. The highest BCUT2D eigenvalue weighted by Crippen LogP contribution is 2.22. The smallest absolute Gasteiger partial charge is 0.121 e. The van der Waals surface area contributed by atoms with Crippen molar-refractivity contribution >= 4 is 0 Å². The highest BCUT2D eigenvalue weighted by Gasteiger charge is 2.10. The number of nitrogens with one attached hydrogen (secondary N) is 1. The molecule has 0 radical (unpaired) electrons. The molecule has 6 heteroatoms. The van der Waals surface area contributed by atoms with Crippen LogP contribution >= 0.6 is 0 Å². The van der Waals surface area contributed by atoms with Crippen molar-refractivity contribution in [3.8, 4) is 11.8 Å². The van der Waals surface area contributed by atoms with Gasteiger partial charge in [0.15, 0.2) is 0 Å². The molecule has 0 heterocycles. The molecule has 3 rings (SSSR count). The number of hydrogen-bond donors (Lipinski definition) is 4. The van der Waals surface area contributed by atoms with Gasteiger partial charge >= 0.3 is 0 Å². The van der Waals surface area contributed by atoms with Crippen LogP contribution < -0.4 is 5.32 Å². The van der Waals surface area contributed by atoms with Gasteiger partial charge in [-0.3, -0.25) is 0 Å². The van der Waals surface area contributed by atoms with Gasteiger partial charge in [-0.15, -0.1) is 0 Å². The maximum atomic E-state index is 10.4. The largest absolute Gasteiger partial charge is 0.508 e. The molecule has 0 aromatic heterocycles. The lowest BCUT2D eigenvalue weighted by Gasteiger charge is -2.14. The number of aliphatic hydroxyl groups excluding tert-OH is 2. The first-order valence-corrected chi connectivity index (χ1v) is 12.0. The molecule has 3 aromatic rings. The van der Waals surface area contributed by atoms with Gasteiger partial charge in [0.1, 0.15) is 5.75 Å². The second kappa shape index (κ2) is 14.2. The number of aromatic hydroxyl groups is 1. The summed E-state index contributed by atoms with van der Waals surface area (Å²) in [6, 6.07) is 23.0. The van der Waals surface area contributed by atoms with E-state index in [0.717, 1.165) is 44.4 Å². The SMILES string of the molecule is N#Cc1ccc(CCCCOCc2cccc(CCNC[C@@H](O)c3ccc(O)c(CO)c3)c2)cc1. The molecule has 3 aromatic carbocycles. The maximum Gasteiger partial charge on any atom is 0.121 e. The minimum absolute atomic E-state index is 0.0309. The van der Waals surface area contributed by atoms with Crippen LogP contribution in [0.4, 0.5) is 0 Å². The number of nitrogens with zero attached hydrogens (tertiary/aromatic N) is 1. The van der Waals surface area contributed by atoms with Crippen molar-refractivity contribution in [1.82, 2.24) is 5.32 Å². The van der Waals surface area contributed by atoms with Crippen LogP contribution in [0.15, 0.2) is 66.7 Å². The lowest BCUT2D eigenvalue weighted by molar-refractivity contribution is 0.117. The van der Waals surface area contributed by atoms with Crippen LogP contribution in [-0.2, 0) is 30.8 Å². The summed E-state index contributed by atoms with van der Waals surface area (Å²) >= 11 is 0. The summed E-state index contributed by atoms with van der Waals surface area (Å²) in [5.74, 6) is 0.0309. The molecule has 0 aliphatic heterocycles. The molecule has 0 saturated heterocycles. The van der Waals surface area contributed by atoms with E-state index in [1.54, 1.807) is 12.1 Å². The molecule has 4 N–H and O–H groups in total. The predicted octanol–water partition coefficient (Wildman–Crippen LogP) is 4.16. The topological polar surface area (TPSA) is 106 Å². The summed E-state index contributed by atoms with van der Waals surface area (Å²) in [7, 11) is 0. The summed E-state index contributed by atoms with van der Waals surface area (Å²) in [6.45, 7) is 2.15. The summed E-state index contributed by atoms with van der Waals surface area (Å²) < 4.78 is 5.86. The molecule has 0 amide bonds. The van der Waals surface area contributed by atoms with E-state index in [0.29, 0.717) is 29.8 Å². The third-order valence-electron chi connectivity index (χ3n) is 5.93. The van der Waals surface area contributed by atoms with Gasteiger partial charge in [-0.1, -0.05) is 42.5 Å². The average Bonchev–Trinajstić information content (AvgIpc) is 2.89. The second-order valence-corrected chi connectivity index (χ2v) is 8.65. The zero-order valence-electron chi connectivity index (χ0n) is 20.0. The zero-order chi connectivity index (χ0) is 24.9. The molecule has 0 fully saturated rings. The zero-order valence-corrected chi connectivity index (χ0v) is 20.0. The van der Waals surface area contributed by atoms with E-state index in [1.807, 2.05) is 30.3 Å². The number of ether oxygens (including phenoxy) is 1. The average molecular weight is 475 g/mol. The number of benzene rings is 3. The molecule has 35 heavy (non-hydrogen) atoms. The van der Waals surface area contributed by atoms with Crippen molar-refractivity contribution in [1.29, 1.82) is 5.26 Å². The van der Waals surface area contributed by atoms with Crippen molar-refractivity contribution in [3.05, 3.63) is 100 Å². The van der Waals surface area contributed by atoms with E-state index >= 15 is 0 Å². The van der Waals surface area contributed by atoms with Crippen molar-refractivity contribution in [2.24, 2.45) is 0 Å². The summed E-state index contributed by atoms with van der Waals surface area (Å²) in [6.07, 6.45) is 3.16. The van der Waals surface area contributed by atoms with Crippen LogP contribution in [0.3, 0.4) is 0 Å². The number of nitriles is 1. The van der Waals surface area contributed by atoms with E-state index < -0.39 is 6.10 Å². The Morgan fingerprint density at radius 1 is 0.914 bits per heavy atom. The van der Waals surface area contributed by atoms with E-state index in [1.165, 1.54) is 17.2 Å². The minimum atomic E-state index is -0.711. The van der Waals surface area contributed by atoms with Gasteiger partial charge in [0, 0.05) is 18.7 Å². The van der Waals surface area contributed by atoms with Gasteiger partial charge < -0.3 is 25.4 Å². The molecule has 184 valence electrons. The van der Waals surface area contributed by atoms with Crippen LogP contribution in [-0.4, -0.2) is 35.0 Å². The molecule has 6 nitrogen and oxygen atoms in total. The lowest BCUT2D eigenvalue weighted by atomic mass is 10.0. The van der Waals surface area contributed by atoms with Crippen molar-refractivity contribution in [2.75, 3.05) is 19.7 Å². The molecule has 0 spiro atoms. The number of aryl methyl sites for hydroxylation is 1. The predicted molar refractivity (Wildman–Crippen MR) is 136 cm³/mol. The fraction of sp³-hybridized carbons (Fsp3) is 0.345. The second-order valence-electron chi connectivity index (χ2n) is 8.65. The first-order valence-electron chi connectivity index (χ1n) is 12.0. The third kappa shape index (κ3) is 8.82. The van der Waals surface area contributed by atoms with Gasteiger partial charge in [0.05, 0.1) is 31.0 Å². The Labute approximate surface area is 207 Å². The quantitative estimate of drug-likeness (QED) is 0.262. The van der Waals surface area contributed by atoms with E-state index in [-0.39, 0.29) is 12.4 Å². The summed E-state index contributed by atoms with van der Waals surface area (Å²) in [4.78, 5) is 0. The van der Waals surface area contributed by atoms with Crippen LogP contribution in [0.5, 0.6) is 5.75 Å². The Hall–Kier alpha value is -3.21. The van der Waals surface area contributed by atoms with Crippen molar-refractivity contribution in [3.63, 3.8) is 0 Å². The molecule has 0 bridgehead atoms. The molecule has 0 aliphatic carbocycles. The van der Waals surface area contributed by atoms with E-state index in [9.17, 15) is 15.3 Å². The summed E-state index contributed by atoms with van der Waals surface area (Å²) in [5, 5.41) is 41.4. The van der Waals surface area contributed by atoms with Gasteiger partial charge in [0.2, 0.25) is 0 Å². The van der Waals surface area contributed by atoms with Gasteiger partial charge in [-0.2, -0.15) is 5.26 Å². The number of aliphatic hydroxyl groups is 2. The Kier molecular flexibility index (Phi) is 10.7. The summed E-state index contributed by atoms with van der Waals surface area (Å²) in [5.41, 5.74) is 5.37. The first-order chi connectivity index (χ1) is 17.1. The van der Waals surface area contributed by atoms with Crippen LogP contribution in [0.1, 0.15) is 52.3 Å². The minimum Gasteiger partial charge on any atom is -0.508 e.